The Morgan fingerprint density at radius 1 is 1.32 bits per heavy atom. The fourth-order valence-electron chi connectivity index (χ4n) is 3.30. The third-order valence-corrected chi connectivity index (χ3v) is 4.77. The van der Waals surface area contributed by atoms with Crippen molar-refractivity contribution in [3.63, 3.8) is 0 Å². The third kappa shape index (κ3) is 2.51. The van der Waals surface area contributed by atoms with Crippen molar-refractivity contribution in [2.75, 3.05) is 26.3 Å². The molecular formula is C17H23N3O2. The molecule has 1 saturated heterocycles. The van der Waals surface area contributed by atoms with E-state index < -0.39 is 5.41 Å². The van der Waals surface area contributed by atoms with Crippen molar-refractivity contribution in [3.8, 4) is 0 Å². The van der Waals surface area contributed by atoms with Gasteiger partial charge < -0.3 is 9.64 Å². The molecule has 1 aliphatic carbocycles. The quantitative estimate of drug-likeness (QED) is 0.806. The summed E-state index contributed by atoms with van der Waals surface area (Å²) in [7, 11) is 0. The van der Waals surface area contributed by atoms with E-state index in [2.05, 4.69) is 6.58 Å². The first-order valence-electron chi connectivity index (χ1n) is 7.81. The number of ether oxygens (including phenoxy) is 1. The molecule has 3 rings (SSSR count). The summed E-state index contributed by atoms with van der Waals surface area (Å²) < 4.78 is 5.35. The lowest BCUT2D eigenvalue weighted by atomic mass is 9.62. The first kappa shape index (κ1) is 15.1. The number of nitrogens with two attached hydrogens (primary N) is 1. The van der Waals surface area contributed by atoms with Gasteiger partial charge in [-0.2, -0.15) is 0 Å². The number of morpholine rings is 1. The number of allylic oxidation sites excluding steroid dienone is 4. The molecule has 1 saturated carbocycles. The molecule has 0 spiro atoms. The molecule has 118 valence electrons. The van der Waals surface area contributed by atoms with Crippen LogP contribution in [-0.4, -0.2) is 42.1 Å². The maximum Gasteiger partial charge on any atom is 0.233 e. The fraction of sp³-hybridized carbons (Fsp3) is 0.471. The summed E-state index contributed by atoms with van der Waals surface area (Å²) in [6.45, 7) is 6.32. The second-order valence-electron chi connectivity index (χ2n) is 5.99. The van der Waals surface area contributed by atoms with Gasteiger partial charge in [0.25, 0.3) is 0 Å². The summed E-state index contributed by atoms with van der Waals surface area (Å²) in [6.07, 6.45) is 12.3. The van der Waals surface area contributed by atoms with E-state index in [-0.39, 0.29) is 5.91 Å². The van der Waals surface area contributed by atoms with Gasteiger partial charge in [0.05, 0.1) is 24.3 Å². The molecule has 0 unspecified atom stereocenters. The summed E-state index contributed by atoms with van der Waals surface area (Å²) >= 11 is 0. The standard InChI is InChI=1S/C17H23N3O2/c1-2-4-15-6-5-14(13-20(15)18)17(7-3-8-17)16(21)19-9-11-22-12-10-19/h2,4-6,13H,1,3,7-12,18H2/b15-4-. The molecule has 0 aromatic heterocycles. The molecule has 3 aliphatic rings. The molecule has 2 heterocycles. The molecule has 0 radical (unpaired) electrons. The smallest absolute Gasteiger partial charge is 0.233 e. The average Bonchev–Trinajstić information content (AvgIpc) is 2.50. The van der Waals surface area contributed by atoms with E-state index in [1.807, 2.05) is 29.3 Å². The first-order chi connectivity index (χ1) is 10.7. The zero-order valence-corrected chi connectivity index (χ0v) is 12.8. The van der Waals surface area contributed by atoms with Crippen molar-refractivity contribution in [2.24, 2.45) is 11.3 Å². The van der Waals surface area contributed by atoms with E-state index in [4.69, 9.17) is 10.6 Å². The van der Waals surface area contributed by atoms with Gasteiger partial charge in [-0.1, -0.05) is 25.2 Å². The van der Waals surface area contributed by atoms with Gasteiger partial charge in [-0.25, -0.2) is 5.84 Å². The Kier molecular flexibility index (Phi) is 4.18. The zero-order chi connectivity index (χ0) is 15.6. The fourth-order valence-corrected chi connectivity index (χ4v) is 3.30. The molecule has 2 fully saturated rings. The van der Waals surface area contributed by atoms with Crippen molar-refractivity contribution >= 4 is 5.91 Å². The van der Waals surface area contributed by atoms with Gasteiger partial charge in [0.1, 0.15) is 0 Å². The Morgan fingerprint density at radius 3 is 2.59 bits per heavy atom. The van der Waals surface area contributed by atoms with Crippen molar-refractivity contribution in [1.82, 2.24) is 9.91 Å². The summed E-state index contributed by atoms with van der Waals surface area (Å²) in [5, 5.41) is 1.57. The number of nitrogens with zero attached hydrogens (tertiary/aromatic N) is 2. The Balaban J connectivity index is 1.83. The molecular weight excluding hydrogens is 278 g/mol. The molecule has 1 amide bonds. The summed E-state index contributed by atoms with van der Waals surface area (Å²) in [6, 6.07) is 0. The molecule has 0 atom stereocenters. The van der Waals surface area contributed by atoms with Gasteiger partial charge >= 0.3 is 0 Å². The van der Waals surface area contributed by atoms with Crippen LogP contribution in [0.4, 0.5) is 0 Å². The normalized spacial score (nSPS) is 25.7. The molecule has 0 bridgehead atoms. The maximum atomic E-state index is 13.0. The molecule has 2 N–H and O–H groups in total. The van der Waals surface area contributed by atoms with Crippen LogP contribution in [0.2, 0.25) is 0 Å². The van der Waals surface area contributed by atoms with E-state index in [1.165, 1.54) is 0 Å². The molecule has 2 aliphatic heterocycles. The zero-order valence-electron chi connectivity index (χ0n) is 12.8. The number of amides is 1. The van der Waals surface area contributed by atoms with Crippen LogP contribution in [0.5, 0.6) is 0 Å². The number of hydrazine groups is 1. The van der Waals surface area contributed by atoms with Gasteiger partial charge in [-0.05, 0) is 30.6 Å². The molecule has 0 aromatic carbocycles. The van der Waals surface area contributed by atoms with Crippen molar-refractivity contribution in [2.45, 2.75) is 19.3 Å². The lowest BCUT2D eigenvalue weighted by Gasteiger charge is -2.46. The number of hydrogen-bond acceptors (Lipinski definition) is 4. The highest BCUT2D eigenvalue weighted by Gasteiger charge is 2.49. The molecule has 0 aromatic rings. The second kappa shape index (κ2) is 6.10. The summed E-state index contributed by atoms with van der Waals surface area (Å²) in [5.41, 5.74) is 1.48. The first-order valence-corrected chi connectivity index (χ1v) is 7.81. The van der Waals surface area contributed by atoms with Gasteiger partial charge in [-0.15, -0.1) is 0 Å². The van der Waals surface area contributed by atoms with E-state index in [1.54, 1.807) is 11.1 Å². The van der Waals surface area contributed by atoms with Crippen LogP contribution in [-0.2, 0) is 9.53 Å². The minimum atomic E-state index is -0.398. The van der Waals surface area contributed by atoms with Crippen molar-refractivity contribution < 1.29 is 9.53 Å². The average molecular weight is 301 g/mol. The van der Waals surface area contributed by atoms with Crippen LogP contribution in [0.15, 0.2) is 48.4 Å². The van der Waals surface area contributed by atoms with Crippen molar-refractivity contribution in [1.29, 1.82) is 0 Å². The largest absolute Gasteiger partial charge is 0.378 e. The number of rotatable bonds is 3. The minimum Gasteiger partial charge on any atom is -0.378 e. The Labute approximate surface area is 131 Å². The van der Waals surface area contributed by atoms with Gasteiger partial charge in [0.15, 0.2) is 0 Å². The molecule has 5 nitrogen and oxygen atoms in total. The van der Waals surface area contributed by atoms with Gasteiger partial charge in [-0.3, -0.25) is 9.80 Å². The van der Waals surface area contributed by atoms with Crippen LogP contribution in [0.1, 0.15) is 19.3 Å². The topological polar surface area (TPSA) is 58.8 Å². The highest BCUT2D eigenvalue weighted by Crippen LogP contribution is 2.50. The van der Waals surface area contributed by atoms with Crippen LogP contribution >= 0.6 is 0 Å². The number of hydrogen-bond donors (Lipinski definition) is 1. The van der Waals surface area contributed by atoms with E-state index in [0.717, 1.165) is 30.5 Å². The Bertz CT molecular complexity index is 552. The lowest BCUT2D eigenvalue weighted by molar-refractivity contribution is -0.148. The second-order valence-corrected chi connectivity index (χ2v) is 5.99. The van der Waals surface area contributed by atoms with Gasteiger partial charge in [0.2, 0.25) is 5.91 Å². The van der Waals surface area contributed by atoms with E-state index in [0.29, 0.717) is 26.3 Å². The lowest BCUT2D eigenvalue weighted by Crippen LogP contribution is -2.52. The SMILES string of the molecule is C=C/C=C1/C=CC(C2(C(=O)N3CCOCC3)CCC2)=CN1N. The third-order valence-electron chi connectivity index (χ3n) is 4.77. The van der Waals surface area contributed by atoms with Crippen LogP contribution in [0, 0.1) is 5.41 Å². The Hall–Kier alpha value is -1.85. The Morgan fingerprint density at radius 2 is 2.05 bits per heavy atom. The van der Waals surface area contributed by atoms with E-state index >= 15 is 0 Å². The summed E-state index contributed by atoms with van der Waals surface area (Å²) in [5.74, 6) is 6.28. The van der Waals surface area contributed by atoms with Crippen molar-refractivity contribution in [3.05, 3.63) is 48.4 Å². The predicted octanol–water partition coefficient (Wildman–Crippen LogP) is 1.71. The number of carbonyl (C=O) groups is 1. The highest BCUT2D eigenvalue weighted by atomic mass is 16.5. The monoisotopic (exact) mass is 301 g/mol. The molecule has 22 heavy (non-hydrogen) atoms. The summed E-state index contributed by atoms with van der Waals surface area (Å²) in [4.78, 5) is 15.0. The van der Waals surface area contributed by atoms with Gasteiger partial charge in [0, 0.05) is 19.3 Å². The van der Waals surface area contributed by atoms with Crippen LogP contribution in [0.25, 0.3) is 0 Å². The van der Waals surface area contributed by atoms with E-state index in [9.17, 15) is 4.79 Å². The molecule has 5 heteroatoms. The van der Waals surface area contributed by atoms with Crippen LogP contribution < -0.4 is 5.84 Å². The minimum absolute atomic E-state index is 0.225. The van der Waals surface area contributed by atoms with Crippen LogP contribution in [0.3, 0.4) is 0 Å². The number of carbonyl (C=O) groups excluding carboxylic acids is 1. The maximum absolute atomic E-state index is 13.0. The predicted molar refractivity (Wildman–Crippen MR) is 85.2 cm³/mol. The highest BCUT2D eigenvalue weighted by molar-refractivity contribution is 5.88.